The third kappa shape index (κ3) is 5.76. The summed E-state index contributed by atoms with van der Waals surface area (Å²) in [6.45, 7) is 14.5. The Hall–Kier alpha value is -3.90. The lowest BCUT2D eigenvalue weighted by molar-refractivity contribution is -0.120. The maximum Gasteiger partial charge on any atom is 0.343 e. The fraction of sp³-hybridized carbons (Fsp3) is 0.281. The van der Waals surface area contributed by atoms with Crippen molar-refractivity contribution in [3.8, 4) is 5.75 Å². The molecule has 2 amide bonds. The van der Waals surface area contributed by atoms with Crippen molar-refractivity contribution in [3.63, 3.8) is 0 Å². The zero-order chi connectivity index (χ0) is 28.7. The Labute approximate surface area is 234 Å². The average Bonchev–Trinajstić information content (AvgIpc) is 3.06. The standard InChI is InChI=1S/C32H33ClN2O4/c1-19-10-8-9-11-24(19)35-28(36)26(33)27(29(35)37)34-22-15-12-20(13-16-22)30(38)39-25-17-14-21(31(2,3)4)18-23(25)32(5,6)7/h8-18,34H,1-7H3. The Balaban J connectivity index is 1.52. The van der Waals surface area contributed by atoms with E-state index < -0.39 is 17.8 Å². The second kappa shape index (κ2) is 10.3. The van der Waals surface area contributed by atoms with Crippen LogP contribution in [-0.2, 0) is 20.4 Å². The van der Waals surface area contributed by atoms with Crippen molar-refractivity contribution in [1.29, 1.82) is 0 Å². The molecule has 0 unspecified atom stereocenters. The molecule has 4 rings (SSSR count). The van der Waals surface area contributed by atoms with Crippen LogP contribution < -0.4 is 15.0 Å². The first-order chi connectivity index (χ1) is 18.2. The zero-order valence-electron chi connectivity index (χ0n) is 23.3. The van der Waals surface area contributed by atoms with Crippen LogP contribution in [0.2, 0.25) is 0 Å². The number of carbonyl (C=O) groups is 3. The summed E-state index contributed by atoms with van der Waals surface area (Å²) in [6, 6.07) is 19.5. The number of para-hydroxylation sites is 1. The van der Waals surface area contributed by atoms with E-state index in [2.05, 4.69) is 52.9 Å². The number of halogens is 1. The molecule has 0 fully saturated rings. The van der Waals surface area contributed by atoms with Gasteiger partial charge >= 0.3 is 5.97 Å². The lowest BCUT2D eigenvalue weighted by Crippen LogP contribution is -2.32. The summed E-state index contributed by atoms with van der Waals surface area (Å²) in [5.41, 5.74) is 3.92. The van der Waals surface area contributed by atoms with E-state index in [1.807, 2.05) is 31.2 Å². The predicted molar refractivity (Wildman–Crippen MR) is 155 cm³/mol. The number of nitrogens with one attached hydrogen (secondary N) is 1. The Morgan fingerprint density at radius 2 is 1.49 bits per heavy atom. The molecular weight excluding hydrogens is 512 g/mol. The van der Waals surface area contributed by atoms with Gasteiger partial charge in [-0.05, 0) is 65.3 Å². The number of hydrogen-bond acceptors (Lipinski definition) is 5. The van der Waals surface area contributed by atoms with E-state index in [9.17, 15) is 14.4 Å². The molecule has 1 N–H and O–H groups in total. The van der Waals surface area contributed by atoms with Gasteiger partial charge in [-0.15, -0.1) is 0 Å². The number of rotatable bonds is 5. The summed E-state index contributed by atoms with van der Waals surface area (Å²) < 4.78 is 5.83. The molecule has 1 aliphatic rings. The van der Waals surface area contributed by atoms with Gasteiger partial charge in [0.1, 0.15) is 16.5 Å². The van der Waals surface area contributed by atoms with Crippen molar-refractivity contribution in [2.45, 2.75) is 59.3 Å². The van der Waals surface area contributed by atoms with Crippen LogP contribution in [0.5, 0.6) is 5.75 Å². The van der Waals surface area contributed by atoms with Crippen LogP contribution in [0.4, 0.5) is 11.4 Å². The lowest BCUT2D eigenvalue weighted by atomic mass is 9.80. The number of ether oxygens (including phenoxy) is 1. The molecule has 0 radical (unpaired) electrons. The van der Waals surface area contributed by atoms with Gasteiger partial charge in [-0.3, -0.25) is 9.59 Å². The molecule has 0 bridgehead atoms. The molecule has 0 aliphatic carbocycles. The highest BCUT2D eigenvalue weighted by atomic mass is 35.5. The molecule has 7 heteroatoms. The third-order valence-electron chi connectivity index (χ3n) is 6.63. The minimum atomic E-state index is -0.592. The summed E-state index contributed by atoms with van der Waals surface area (Å²) >= 11 is 6.26. The monoisotopic (exact) mass is 544 g/mol. The first-order valence-electron chi connectivity index (χ1n) is 12.8. The fourth-order valence-electron chi connectivity index (χ4n) is 4.31. The maximum atomic E-state index is 13.1. The van der Waals surface area contributed by atoms with Gasteiger partial charge in [0.25, 0.3) is 11.8 Å². The van der Waals surface area contributed by atoms with Gasteiger partial charge in [-0.2, -0.15) is 0 Å². The lowest BCUT2D eigenvalue weighted by Gasteiger charge is -2.26. The Bertz CT molecular complexity index is 1490. The summed E-state index contributed by atoms with van der Waals surface area (Å²) in [6.07, 6.45) is 0. The fourth-order valence-corrected chi connectivity index (χ4v) is 4.52. The minimum Gasteiger partial charge on any atom is -0.423 e. The first kappa shape index (κ1) is 28.1. The number of nitrogens with zero attached hydrogens (tertiary/aromatic N) is 1. The van der Waals surface area contributed by atoms with E-state index in [1.165, 1.54) is 0 Å². The van der Waals surface area contributed by atoms with Crippen molar-refractivity contribution in [2.24, 2.45) is 0 Å². The molecule has 1 aliphatic heterocycles. The van der Waals surface area contributed by atoms with Crippen LogP contribution in [0.15, 0.2) is 77.5 Å². The molecular formula is C32H33ClN2O4. The van der Waals surface area contributed by atoms with Gasteiger partial charge in [0.2, 0.25) is 0 Å². The molecule has 1 heterocycles. The topological polar surface area (TPSA) is 75.7 Å². The summed E-state index contributed by atoms with van der Waals surface area (Å²) in [5, 5.41) is 2.74. The number of benzene rings is 3. The summed E-state index contributed by atoms with van der Waals surface area (Å²) in [5.74, 6) is -1.11. The predicted octanol–water partition coefficient (Wildman–Crippen LogP) is 7.24. The van der Waals surface area contributed by atoms with Crippen LogP contribution in [0.25, 0.3) is 0 Å². The number of anilines is 2. The minimum absolute atomic E-state index is 0.0194. The third-order valence-corrected chi connectivity index (χ3v) is 6.98. The van der Waals surface area contributed by atoms with Crippen molar-refractivity contribution >= 4 is 40.8 Å². The van der Waals surface area contributed by atoms with Gasteiger partial charge in [-0.1, -0.05) is 83.5 Å². The first-order valence-corrected chi connectivity index (χ1v) is 13.1. The highest BCUT2D eigenvalue weighted by molar-refractivity contribution is 6.53. The SMILES string of the molecule is Cc1ccccc1N1C(=O)C(Cl)=C(Nc2ccc(C(=O)Oc3ccc(C(C)(C)C)cc3C(C)(C)C)cc2)C1=O. The normalized spacial score (nSPS) is 14.2. The molecule has 39 heavy (non-hydrogen) atoms. The van der Waals surface area contributed by atoms with E-state index in [4.69, 9.17) is 16.3 Å². The van der Waals surface area contributed by atoms with Gasteiger partial charge < -0.3 is 10.1 Å². The number of amides is 2. The van der Waals surface area contributed by atoms with Crippen molar-refractivity contribution in [2.75, 3.05) is 10.2 Å². The highest BCUT2D eigenvalue weighted by Gasteiger charge is 2.39. The van der Waals surface area contributed by atoms with Crippen LogP contribution in [-0.4, -0.2) is 17.8 Å². The van der Waals surface area contributed by atoms with E-state index in [0.717, 1.165) is 21.6 Å². The van der Waals surface area contributed by atoms with Crippen molar-refractivity contribution in [3.05, 3.63) is 99.7 Å². The number of hydrogen-bond donors (Lipinski definition) is 1. The largest absolute Gasteiger partial charge is 0.423 e. The van der Waals surface area contributed by atoms with Gasteiger partial charge in [0.05, 0.1) is 11.3 Å². The molecule has 0 saturated heterocycles. The van der Waals surface area contributed by atoms with E-state index in [0.29, 0.717) is 22.7 Å². The Morgan fingerprint density at radius 3 is 2.08 bits per heavy atom. The number of imide groups is 1. The summed E-state index contributed by atoms with van der Waals surface area (Å²) in [7, 11) is 0. The second-order valence-corrected chi connectivity index (χ2v) is 12.1. The van der Waals surface area contributed by atoms with E-state index in [-0.39, 0.29) is 21.6 Å². The van der Waals surface area contributed by atoms with Crippen LogP contribution >= 0.6 is 11.6 Å². The molecule has 3 aromatic rings. The molecule has 0 saturated carbocycles. The molecule has 202 valence electrons. The number of aryl methyl sites for hydroxylation is 1. The van der Waals surface area contributed by atoms with Crippen molar-refractivity contribution < 1.29 is 19.1 Å². The van der Waals surface area contributed by atoms with Crippen LogP contribution in [0, 0.1) is 6.92 Å². The highest BCUT2D eigenvalue weighted by Crippen LogP contribution is 2.36. The maximum absolute atomic E-state index is 13.1. The quantitative estimate of drug-likeness (QED) is 0.208. The molecule has 0 spiro atoms. The van der Waals surface area contributed by atoms with Crippen LogP contribution in [0.3, 0.4) is 0 Å². The van der Waals surface area contributed by atoms with Crippen molar-refractivity contribution in [1.82, 2.24) is 0 Å². The van der Waals surface area contributed by atoms with E-state index in [1.54, 1.807) is 36.4 Å². The second-order valence-electron chi connectivity index (χ2n) is 11.7. The molecule has 0 atom stereocenters. The zero-order valence-corrected chi connectivity index (χ0v) is 24.1. The van der Waals surface area contributed by atoms with E-state index >= 15 is 0 Å². The smallest absolute Gasteiger partial charge is 0.343 e. The Morgan fingerprint density at radius 1 is 0.846 bits per heavy atom. The Kier molecular flexibility index (Phi) is 7.46. The van der Waals surface area contributed by atoms with Gasteiger partial charge in [-0.25, -0.2) is 9.69 Å². The molecule has 0 aromatic heterocycles. The summed E-state index contributed by atoms with van der Waals surface area (Å²) in [4.78, 5) is 40.0. The molecule has 3 aromatic carbocycles. The van der Waals surface area contributed by atoms with Gasteiger partial charge in [0, 0.05) is 11.3 Å². The van der Waals surface area contributed by atoms with Gasteiger partial charge in [0.15, 0.2) is 0 Å². The molecule has 6 nitrogen and oxygen atoms in total. The number of esters is 1. The van der Waals surface area contributed by atoms with Crippen LogP contribution in [0.1, 0.15) is 68.6 Å². The number of carbonyl (C=O) groups excluding carboxylic acids is 3. The average molecular weight is 545 g/mol.